The highest BCUT2D eigenvalue weighted by Gasteiger charge is 2.34. The number of aryl methyl sites for hydroxylation is 2. The van der Waals surface area contributed by atoms with Crippen LogP contribution in [0.4, 0.5) is 0 Å². The average Bonchev–Trinajstić information content (AvgIpc) is 2.38. The molecule has 1 unspecified atom stereocenters. The number of rotatable bonds is 3. The highest BCUT2D eigenvalue weighted by atomic mass is 16.4. The van der Waals surface area contributed by atoms with Crippen LogP contribution in [0.5, 0.6) is 0 Å². The van der Waals surface area contributed by atoms with Gasteiger partial charge in [-0.2, -0.15) is 0 Å². The second-order valence-corrected chi connectivity index (χ2v) is 5.48. The number of carboxylic acid groups (broad SMARTS) is 1. The summed E-state index contributed by atoms with van der Waals surface area (Å²) in [7, 11) is 0. The van der Waals surface area contributed by atoms with Crippen LogP contribution in [-0.2, 0) is 5.41 Å². The summed E-state index contributed by atoms with van der Waals surface area (Å²) in [6.45, 7) is 10.2. The van der Waals surface area contributed by atoms with Gasteiger partial charge in [-0.3, -0.25) is 0 Å². The van der Waals surface area contributed by atoms with Gasteiger partial charge in [-0.25, -0.2) is 0 Å². The van der Waals surface area contributed by atoms with Gasteiger partial charge in [0.1, 0.15) is 0 Å². The summed E-state index contributed by atoms with van der Waals surface area (Å²) in [5, 5.41) is 11.3. The maximum atomic E-state index is 11.3. The van der Waals surface area contributed by atoms with E-state index in [0.717, 1.165) is 11.1 Å². The number of carboxylic acids is 1. The van der Waals surface area contributed by atoms with E-state index in [1.54, 1.807) is 18.2 Å². The Morgan fingerprint density at radius 2 is 1.75 bits per heavy atom. The van der Waals surface area contributed by atoms with E-state index in [0.29, 0.717) is 5.56 Å². The maximum absolute atomic E-state index is 11.3. The van der Waals surface area contributed by atoms with Crippen molar-refractivity contribution in [1.82, 2.24) is 0 Å². The molecule has 0 saturated heterocycles. The lowest BCUT2D eigenvalue weighted by Gasteiger charge is -2.24. The number of carbonyl (C=O) groups excluding carboxylic acids is 1. The van der Waals surface area contributed by atoms with E-state index in [9.17, 15) is 9.90 Å². The van der Waals surface area contributed by atoms with Crippen molar-refractivity contribution in [3.05, 3.63) is 77.2 Å². The summed E-state index contributed by atoms with van der Waals surface area (Å²) in [6.07, 6.45) is 0. The SMILES string of the molecule is [CH2+]C(C)(c1ccc(C)cc1C)c1ccccc1C(=O)[O-]. The van der Waals surface area contributed by atoms with Gasteiger partial charge in [0.05, 0.1) is 12.9 Å². The predicted molar refractivity (Wildman–Crippen MR) is 78.5 cm³/mol. The number of hydrogen-bond donors (Lipinski definition) is 0. The zero-order chi connectivity index (χ0) is 14.9. The lowest BCUT2D eigenvalue weighted by molar-refractivity contribution is -0.255. The molecular formula is C18H18O2. The molecule has 0 saturated carbocycles. The van der Waals surface area contributed by atoms with Crippen LogP contribution < -0.4 is 5.11 Å². The third-order valence-electron chi connectivity index (χ3n) is 3.72. The quantitative estimate of drug-likeness (QED) is 0.801. The summed E-state index contributed by atoms with van der Waals surface area (Å²) < 4.78 is 0. The molecule has 0 aliphatic rings. The van der Waals surface area contributed by atoms with Crippen molar-refractivity contribution in [1.29, 1.82) is 0 Å². The van der Waals surface area contributed by atoms with Crippen LogP contribution in [0.1, 0.15) is 39.5 Å². The summed E-state index contributed by atoms with van der Waals surface area (Å²) in [5.74, 6) is -1.17. The van der Waals surface area contributed by atoms with E-state index in [1.807, 2.05) is 39.0 Å². The van der Waals surface area contributed by atoms with Crippen molar-refractivity contribution in [2.75, 3.05) is 0 Å². The minimum Gasteiger partial charge on any atom is -0.545 e. The van der Waals surface area contributed by atoms with Crippen LogP contribution in [0.3, 0.4) is 0 Å². The Balaban J connectivity index is 2.63. The molecule has 0 heterocycles. The number of benzene rings is 2. The third-order valence-corrected chi connectivity index (χ3v) is 3.72. The molecule has 2 rings (SSSR count). The van der Waals surface area contributed by atoms with Gasteiger partial charge in [0.25, 0.3) is 0 Å². The van der Waals surface area contributed by atoms with Gasteiger partial charge in [0.2, 0.25) is 0 Å². The molecule has 0 radical (unpaired) electrons. The van der Waals surface area contributed by atoms with Crippen molar-refractivity contribution in [3.8, 4) is 0 Å². The van der Waals surface area contributed by atoms with Crippen molar-refractivity contribution < 1.29 is 9.90 Å². The standard InChI is InChI=1S/C18H18O2/c1-12-9-10-15(13(2)11-12)18(3,4)16-8-6-5-7-14(16)17(19)20/h5-11H,3H2,1-2,4H3. The van der Waals surface area contributed by atoms with E-state index < -0.39 is 11.4 Å². The van der Waals surface area contributed by atoms with E-state index in [4.69, 9.17) is 0 Å². The minimum atomic E-state index is -1.17. The lowest BCUT2D eigenvalue weighted by atomic mass is 9.74. The molecule has 0 amide bonds. The van der Waals surface area contributed by atoms with Gasteiger partial charge in [0, 0.05) is 16.7 Å². The van der Waals surface area contributed by atoms with Gasteiger partial charge < -0.3 is 9.90 Å². The van der Waals surface area contributed by atoms with Crippen molar-refractivity contribution in [2.24, 2.45) is 0 Å². The maximum Gasteiger partial charge on any atom is 0.153 e. The first-order valence-corrected chi connectivity index (χ1v) is 6.58. The molecule has 2 heteroatoms. The van der Waals surface area contributed by atoms with Crippen molar-refractivity contribution >= 4 is 5.97 Å². The summed E-state index contributed by atoms with van der Waals surface area (Å²) >= 11 is 0. The molecule has 2 aromatic carbocycles. The first-order valence-electron chi connectivity index (χ1n) is 6.58. The molecule has 0 aliphatic carbocycles. The van der Waals surface area contributed by atoms with E-state index in [2.05, 4.69) is 13.0 Å². The minimum absolute atomic E-state index is 0.199. The lowest BCUT2D eigenvalue weighted by Crippen LogP contribution is -2.29. The van der Waals surface area contributed by atoms with Crippen LogP contribution in [0.25, 0.3) is 0 Å². The van der Waals surface area contributed by atoms with E-state index >= 15 is 0 Å². The van der Waals surface area contributed by atoms with Crippen molar-refractivity contribution in [3.63, 3.8) is 0 Å². The smallest absolute Gasteiger partial charge is 0.153 e. The second kappa shape index (κ2) is 5.04. The topological polar surface area (TPSA) is 40.1 Å². The highest BCUT2D eigenvalue weighted by Crippen LogP contribution is 2.35. The molecule has 0 fully saturated rings. The fourth-order valence-electron chi connectivity index (χ4n) is 2.72. The first kappa shape index (κ1) is 14.2. The van der Waals surface area contributed by atoms with Crippen LogP contribution in [-0.4, -0.2) is 5.97 Å². The molecule has 1 atom stereocenters. The number of hydrogen-bond acceptors (Lipinski definition) is 2. The highest BCUT2D eigenvalue weighted by molar-refractivity contribution is 5.88. The monoisotopic (exact) mass is 266 g/mol. The Labute approximate surface area is 120 Å². The summed E-state index contributed by atoms with van der Waals surface area (Å²) in [5.41, 5.74) is 3.55. The zero-order valence-corrected chi connectivity index (χ0v) is 12.1. The molecule has 0 spiro atoms. The molecule has 0 aliphatic heterocycles. The Kier molecular flexibility index (Phi) is 3.58. The van der Waals surface area contributed by atoms with Gasteiger partial charge in [-0.1, -0.05) is 48.0 Å². The Hall–Kier alpha value is -2.22. The number of aromatic carboxylic acids is 1. The van der Waals surface area contributed by atoms with Crippen molar-refractivity contribution in [2.45, 2.75) is 26.2 Å². The van der Waals surface area contributed by atoms with Gasteiger partial charge in [-0.15, -0.1) is 0 Å². The molecular weight excluding hydrogens is 248 g/mol. The Morgan fingerprint density at radius 1 is 1.10 bits per heavy atom. The molecule has 20 heavy (non-hydrogen) atoms. The Bertz CT molecular complexity index is 654. The van der Waals surface area contributed by atoms with E-state index in [1.165, 1.54) is 5.56 Å². The number of carbonyl (C=O) groups is 1. The summed E-state index contributed by atoms with van der Waals surface area (Å²) in [6, 6.07) is 13.0. The summed E-state index contributed by atoms with van der Waals surface area (Å²) in [4.78, 5) is 11.3. The molecule has 102 valence electrons. The predicted octanol–water partition coefficient (Wildman–Crippen LogP) is 2.81. The fraction of sp³-hybridized carbons (Fsp3) is 0.222. The van der Waals surface area contributed by atoms with Gasteiger partial charge >= 0.3 is 0 Å². The fourth-order valence-corrected chi connectivity index (χ4v) is 2.72. The zero-order valence-electron chi connectivity index (χ0n) is 12.1. The van der Waals surface area contributed by atoms with Crippen LogP contribution in [0.2, 0.25) is 0 Å². The molecule has 0 aromatic heterocycles. The molecule has 2 aromatic rings. The average molecular weight is 266 g/mol. The van der Waals surface area contributed by atoms with E-state index in [-0.39, 0.29) is 5.56 Å². The Morgan fingerprint density at radius 3 is 2.35 bits per heavy atom. The largest absolute Gasteiger partial charge is 0.545 e. The van der Waals surface area contributed by atoms with Crippen LogP contribution in [0.15, 0.2) is 42.5 Å². The van der Waals surface area contributed by atoms with Gasteiger partial charge in [-0.05, 0) is 26.3 Å². The van der Waals surface area contributed by atoms with Crippen LogP contribution >= 0.6 is 0 Å². The normalized spacial score (nSPS) is 13.8. The first-order chi connectivity index (χ1) is 9.34. The molecule has 2 nitrogen and oxygen atoms in total. The molecule has 0 bridgehead atoms. The third kappa shape index (κ3) is 2.42. The second-order valence-electron chi connectivity index (χ2n) is 5.48. The molecule has 0 N–H and O–H groups in total. The van der Waals surface area contributed by atoms with Gasteiger partial charge in [0.15, 0.2) is 5.41 Å². The van der Waals surface area contributed by atoms with Crippen LogP contribution in [0, 0.1) is 20.8 Å².